The summed E-state index contributed by atoms with van der Waals surface area (Å²) in [5.74, 6) is 0.869. The average Bonchev–Trinajstić information content (AvgIpc) is 2.63. The first kappa shape index (κ1) is 18.7. The molecule has 140 valence electrons. The monoisotopic (exact) mass is 364 g/mol. The molecule has 0 amide bonds. The van der Waals surface area contributed by atoms with Crippen LogP contribution in [0.3, 0.4) is 0 Å². The number of benzene rings is 2. The zero-order valence-electron chi connectivity index (χ0n) is 14.8. The van der Waals surface area contributed by atoms with Gasteiger partial charge in [-0.05, 0) is 17.7 Å². The summed E-state index contributed by atoms with van der Waals surface area (Å²) in [6, 6.07) is 13.8. The van der Waals surface area contributed by atoms with E-state index < -0.39 is 11.7 Å². The van der Waals surface area contributed by atoms with E-state index in [4.69, 9.17) is 4.74 Å². The highest BCUT2D eigenvalue weighted by molar-refractivity contribution is 5.33. The smallest absolute Gasteiger partial charge is 0.416 e. The van der Waals surface area contributed by atoms with E-state index >= 15 is 0 Å². The summed E-state index contributed by atoms with van der Waals surface area (Å²) in [4.78, 5) is 4.40. The average molecular weight is 364 g/mol. The summed E-state index contributed by atoms with van der Waals surface area (Å²) in [5.41, 5.74) is 0.945. The molecule has 0 saturated carbocycles. The summed E-state index contributed by atoms with van der Waals surface area (Å²) >= 11 is 0. The predicted molar refractivity (Wildman–Crippen MR) is 95.0 cm³/mol. The van der Waals surface area contributed by atoms with Crippen LogP contribution in [0.4, 0.5) is 13.2 Å². The lowest BCUT2D eigenvalue weighted by molar-refractivity contribution is -0.138. The van der Waals surface area contributed by atoms with Gasteiger partial charge in [-0.2, -0.15) is 13.2 Å². The zero-order chi connectivity index (χ0) is 18.6. The van der Waals surface area contributed by atoms with E-state index in [1.165, 1.54) is 6.07 Å². The van der Waals surface area contributed by atoms with Gasteiger partial charge < -0.3 is 4.74 Å². The molecule has 0 bridgehead atoms. The Hall–Kier alpha value is -2.05. The second kappa shape index (κ2) is 8.10. The normalized spacial score (nSPS) is 16.6. The van der Waals surface area contributed by atoms with Gasteiger partial charge in [-0.15, -0.1) is 0 Å². The quantitative estimate of drug-likeness (QED) is 0.797. The number of alkyl halides is 3. The van der Waals surface area contributed by atoms with Gasteiger partial charge in [0.15, 0.2) is 0 Å². The third kappa shape index (κ3) is 4.56. The van der Waals surface area contributed by atoms with Crippen molar-refractivity contribution in [2.24, 2.45) is 0 Å². The van der Waals surface area contributed by atoms with Gasteiger partial charge in [0.25, 0.3) is 0 Å². The minimum absolute atomic E-state index is 0.332. The number of piperazine rings is 1. The second-order valence-electron chi connectivity index (χ2n) is 6.52. The van der Waals surface area contributed by atoms with E-state index in [2.05, 4.69) is 9.80 Å². The molecule has 2 aromatic carbocycles. The lowest BCUT2D eigenvalue weighted by atomic mass is 10.1. The van der Waals surface area contributed by atoms with Crippen molar-refractivity contribution in [2.75, 3.05) is 33.3 Å². The first-order valence-electron chi connectivity index (χ1n) is 8.69. The van der Waals surface area contributed by atoms with Crippen molar-refractivity contribution in [3.8, 4) is 5.75 Å². The maximum absolute atomic E-state index is 13.1. The number of methoxy groups -OCH3 is 1. The van der Waals surface area contributed by atoms with Gasteiger partial charge in [-0.1, -0.05) is 36.4 Å². The fraction of sp³-hybridized carbons (Fsp3) is 0.400. The van der Waals surface area contributed by atoms with Gasteiger partial charge in [-0.3, -0.25) is 9.80 Å². The van der Waals surface area contributed by atoms with Crippen LogP contribution in [0.25, 0.3) is 0 Å². The van der Waals surface area contributed by atoms with Crippen LogP contribution in [-0.2, 0) is 19.3 Å². The first-order valence-corrected chi connectivity index (χ1v) is 8.69. The molecular formula is C20H23F3N2O. The molecule has 6 heteroatoms. The van der Waals surface area contributed by atoms with Crippen LogP contribution in [-0.4, -0.2) is 43.1 Å². The summed E-state index contributed by atoms with van der Waals surface area (Å²) in [6.07, 6.45) is -4.30. The molecule has 1 aliphatic rings. The van der Waals surface area contributed by atoms with Crippen LogP contribution in [0, 0.1) is 0 Å². The Balaban J connectivity index is 1.58. The minimum atomic E-state index is -4.30. The van der Waals surface area contributed by atoms with E-state index in [9.17, 15) is 13.2 Å². The molecule has 0 aromatic heterocycles. The van der Waals surface area contributed by atoms with Crippen molar-refractivity contribution in [3.05, 3.63) is 65.2 Å². The number of halogens is 3. The Morgan fingerprint density at radius 1 is 0.808 bits per heavy atom. The molecule has 1 saturated heterocycles. The van der Waals surface area contributed by atoms with Crippen molar-refractivity contribution in [2.45, 2.75) is 19.3 Å². The van der Waals surface area contributed by atoms with Crippen LogP contribution >= 0.6 is 0 Å². The standard InChI is InChI=1S/C20H23F3N2O/c1-26-19-9-5-3-7-17(19)15-25-12-10-24(11-13-25)14-16-6-2-4-8-18(16)20(21,22)23/h2-9H,10-15H2,1H3. The Kier molecular flexibility index (Phi) is 5.84. The Labute approximate surface area is 152 Å². The number of rotatable bonds is 5. The van der Waals surface area contributed by atoms with Gasteiger partial charge in [0.1, 0.15) is 5.75 Å². The molecule has 0 spiro atoms. The summed E-state index contributed by atoms with van der Waals surface area (Å²) in [6.45, 7) is 4.27. The van der Waals surface area contributed by atoms with E-state index in [0.29, 0.717) is 12.1 Å². The number of hydrogen-bond acceptors (Lipinski definition) is 3. The molecular weight excluding hydrogens is 341 g/mol. The minimum Gasteiger partial charge on any atom is -0.496 e. The maximum Gasteiger partial charge on any atom is 0.416 e. The molecule has 26 heavy (non-hydrogen) atoms. The summed E-state index contributed by atoms with van der Waals surface area (Å²) in [5, 5.41) is 0. The molecule has 0 aliphatic carbocycles. The van der Waals surface area contributed by atoms with Gasteiger partial charge in [0, 0.05) is 44.8 Å². The molecule has 3 rings (SSSR count). The number of para-hydroxylation sites is 1. The molecule has 0 atom stereocenters. The molecule has 1 fully saturated rings. The van der Waals surface area contributed by atoms with Crippen LogP contribution in [0.2, 0.25) is 0 Å². The van der Waals surface area contributed by atoms with Gasteiger partial charge in [0.2, 0.25) is 0 Å². The van der Waals surface area contributed by atoms with Crippen molar-refractivity contribution < 1.29 is 17.9 Å². The van der Waals surface area contributed by atoms with Crippen molar-refractivity contribution in [1.29, 1.82) is 0 Å². The highest BCUT2D eigenvalue weighted by Gasteiger charge is 2.33. The van der Waals surface area contributed by atoms with Crippen LogP contribution in [0.1, 0.15) is 16.7 Å². The van der Waals surface area contributed by atoms with E-state index in [1.807, 2.05) is 24.3 Å². The highest BCUT2D eigenvalue weighted by Crippen LogP contribution is 2.32. The largest absolute Gasteiger partial charge is 0.496 e. The molecule has 1 heterocycles. The molecule has 0 radical (unpaired) electrons. The molecule has 3 nitrogen and oxygen atoms in total. The third-order valence-corrected chi connectivity index (χ3v) is 4.77. The van der Waals surface area contributed by atoms with E-state index in [1.54, 1.807) is 19.2 Å². The fourth-order valence-electron chi connectivity index (χ4n) is 3.36. The second-order valence-corrected chi connectivity index (χ2v) is 6.52. The maximum atomic E-state index is 13.1. The van der Waals surface area contributed by atoms with Gasteiger partial charge in [0.05, 0.1) is 12.7 Å². The number of nitrogens with zero attached hydrogens (tertiary/aromatic N) is 2. The Morgan fingerprint density at radius 2 is 1.31 bits per heavy atom. The zero-order valence-corrected chi connectivity index (χ0v) is 14.8. The van der Waals surface area contributed by atoms with Crippen molar-refractivity contribution in [3.63, 3.8) is 0 Å². The lowest BCUT2D eigenvalue weighted by Crippen LogP contribution is -2.45. The van der Waals surface area contributed by atoms with Crippen LogP contribution in [0.5, 0.6) is 5.75 Å². The summed E-state index contributed by atoms with van der Waals surface area (Å²) in [7, 11) is 1.66. The number of hydrogen-bond donors (Lipinski definition) is 0. The van der Waals surface area contributed by atoms with Gasteiger partial charge in [-0.25, -0.2) is 0 Å². The van der Waals surface area contributed by atoms with Crippen LogP contribution in [0.15, 0.2) is 48.5 Å². The SMILES string of the molecule is COc1ccccc1CN1CCN(Cc2ccccc2C(F)(F)F)CC1. The Bertz CT molecular complexity index is 725. The van der Waals surface area contributed by atoms with E-state index in [-0.39, 0.29) is 0 Å². The topological polar surface area (TPSA) is 15.7 Å². The fourth-order valence-corrected chi connectivity index (χ4v) is 3.36. The summed E-state index contributed by atoms with van der Waals surface area (Å²) < 4.78 is 44.8. The van der Waals surface area contributed by atoms with Crippen molar-refractivity contribution in [1.82, 2.24) is 9.80 Å². The Morgan fingerprint density at radius 3 is 1.88 bits per heavy atom. The molecule has 0 unspecified atom stereocenters. The van der Waals surface area contributed by atoms with Gasteiger partial charge >= 0.3 is 6.18 Å². The molecule has 0 N–H and O–H groups in total. The van der Waals surface area contributed by atoms with Crippen LogP contribution < -0.4 is 4.74 Å². The van der Waals surface area contributed by atoms with E-state index in [0.717, 1.165) is 50.1 Å². The molecule has 1 aliphatic heterocycles. The predicted octanol–water partition coefficient (Wildman–Crippen LogP) is 4.03. The first-order chi connectivity index (χ1) is 12.5. The molecule has 2 aromatic rings. The number of ether oxygens (including phenoxy) is 1. The van der Waals surface area contributed by atoms with Crippen molar-refractivity contribution >= 4 is 0 Å². The lowest BCUT2D eigenvalue weighted by Gasteiger charge is -2.35. The third-order valence-electron chi connectivity index (χ3n) is 4.77. The highest BCUT2D eigenvalue weighted by atomic mass is 19.4.